The number of aromatic nitrogens is 3. The predicted octanol–water partition coefficient (Wildman–Crippen LogP) is 2.53. The molecule has 0 saturated heterocycles. The van der Waals surface area contributed by atoms with Crippen LogP contribution in [0.4, 0.5) is 0 Å². The molecule has 9 nitrogen and oxygen atoms in total. The van der Waals surface area contributed by atoms with Gasteiger partial charge in [-0.2, -0.15) is 0 Å². The molecule has 0 spiro atoms. The molecule has 2 aromatic heterocycles. The summed E-state index contributed by atoms with van der Waals surface area (Å²) in [4.78, 5) is 4.62. The summed E-state index contributed by atoms with van der Waals surface area (Å²) >= 11 is 0. The van der Waals surface area contributed by atoms with Crippen LogP contribution in [0.25, 0.3) is 0 Å². The molecule has 3 aromatic rings. The fraction of sp³-hybridized carbons (Fsp3) is 0.409. The second-order valence-electron chi connectivity index (χ2n) is 7.52. The van der Waals surface area contributed by atoms with Crippen molar-refractivity contribution in [1.29, 1.82) is 0 Å². The first kappa shape index (κ1) is 25.7. The third kappa shape index (κ3) is 6.95. The lowest BCUT2D eigenvalue weighted by molar-refractivity contribution is 0.0386. The van der Waals surface area contributed by atoms with Crippen LogP contribution in [0, 0.1) is 6.92 Å². The fourth-order valence-corrected chi connectivity index (χ4v) is 2.96. The maximum Gasteiger partial charge on any atom is 0.191 e. The number of furan rings is 1. The Morgan fingerprint density at radius 2 is 1.97 bits per heavy atom. The Kier molecular flexibility index (Phi) is 9.51. The Morgan fingerprint density at radius 3 is 2.56 bits per heavy atom. The molecule has 0 fully saturated rings. The number of aryl methyl sites for hydroxylation is 1. The molecule has 1 aromatic carbocycles. The fourth-order valence-electron chi connectivity index (χ4n) is 2.96. The minimum absolute atomic E-state index is 0. The topological polar surface area (TPSA) is 110 Å². The molecule has 1 unspecified atom stereocenters. The minimum atomic E-state index is -1.18. The number of rotatable bonds is 9. The van der Waals surface area contributed by atoms with Gasteiger partial charge in [0.2, 0.25) is 0 Å². The molecule has 0 aliphatic heterocycles. The molecule has 0 bridgehead atoms. The van der Waals surface area contributed by atoms with Crippen molar-refractivity contribution in [3.63, 3.8) is 0 Å². The van der Waals surface area contributed by atoms with Crippen LogP contribution < -0.4 is 15.4 Å². The molecule has 0 radical (unpaired) electrons. The van der Waals surface area contributed by atoms with Gasteiger partial charge < -0.3 is 29.5 Å². The van der Waals surface area contributed by atoms with Gasteiger partial charge in [0, 0.05) is 13.6 Å². The van der Waals surface area contributed by atoms with Crippen molar-refractivity contribution < 1.29 is 14.3 Å². The number of hydrogen-bond donors (Lipinski definition) is 3. The average Bonchev–Trinajstić information content (AvgIpc) is 3.42. The van der Waals surface area contributed by atoms with Gasteiger partial charge in [0.05, 0.1) is 19.9 Å². The zero-order valence-corrected chi connectivity index (χ0v) is 21.2. The Balaban J connectivity index is 0.00000363. The number of hydrogen-bond acceptors (Lipinski definition) is 6. The van der Waals surface area contributed by atoms with Gasteiger partial charge in [-0.05, 0) is 50.1 Å². The number of guanidine groups is 1. The van der Waals surface area contributed by atoms with Crippen LogP contribution in [0.3, 0.4) is 0 Å². The van der Waals surface area contributed by atoms with E-state index in [9.17, 15) is 5.11 Å². The SMILES string of the molecule is COc1ccc(CCNC(=NCc2nnc(C)n2C)NCC(C)(O)c2ccco2)cc1.I. The van der Waals surface area contributed by atoms with E-state index in [4.69, 9.17) is 9.15 Å². The molecule has 1 atom stereocenters. The lowest BCUT2D eigenvalue weighted by atomic mass is 10.0. The third-order valence-electron chi connectivity index (χ3n) is 5.08. The largest absolute Gasteiger partial charge is 0.497 e. The van der Waals surface area contributed by atoms with Gasteiger partial charge in [0.15, 0.2) is 11.8 Å². The molecule has 0 amide bonds. The van der Waals surface area contributed by atoms with Crippen molar-refractivity contribution in [2.75, 3.05) is 20.2 Å². The number of halogens is 1. The van der Waals surface area contributed by atoms with Gasteiger partial charge >= 0.3 is 0 Å². The van der Waals surface area contributed by atoms with E-state index < -0.39 is 5.60 Å². The van der Waals surface area contributed by atoms with E-state index in [1.807, 2.05) is 42.8 Å². The number of aliphatic imine (C=N–C) groups is 1. The first-order valence-electron chi connectivity index (χ1n) is 10.2. The smallest absolute Gasteiger partial charge is 0.191 e. The van der Waals surface area contributed by atoms with Crippen LogP contribution in [-0.4, -0.2) is 46.0 Å². The number of nitrogens with zero attached hydrogens (tertiary/aromatic N) is 4. The number of ether oxygens (including phenoxy) is 1. The van der Waals surface area contributed by atoms with E-state index in [2.05, 4.69) is 25.8 Å². The molecule has 3 rings (SSSR count). The standard InChI is InChI=1S/C22H30N6O3.HI/c1-16-26-27-20(28(16)3)14-24-21(25-15-22(2,29)19-6-5-13-31-19)23-12-11-17-7-9-18(30-4)10-8-17;/h5-10,13,29H,11-12,14-15H2,1-4H3,(H2,23,24,25);1H. The molecule has 0 aliphatic carbocycles. The van der Waals surface area contributed by atoms with Gasteiger partial charge in [-0.25, -0.2) is 4.99 Å². The minimum Gasteiger partial charge on any atom is -0.497 e. The molecule has 32 heavy (non-hydrogen) atoms. The summed E-state index contributed by atoms with van der Waals surface area (Å²) in [7, 11) is 3.56. The van der Waals surface area contributed by atoms with E-state index in [0.29, 0.717) is 24.8 Å². The molecular formula is C22H31IN6O3. The Morgan fingerprint density at radius 1 is 1.22 bits per heavy atom. The van der Waals surface area contributed by atoms with Gasteiger partial charge in [-0.3, -0.25) is 0 Å². The maximum absolute atomic E-state index is 10.7. The maximum atomic E-state index is 10.7. The highest BCUT2D eigenvalue weighted by Crippen LogP contribution is 2.19. The molecule has 10 heteroatoms. The summed E-state index contributed by atoms with van der Waals surface area (Å²) in [6.07, 6.45) is 2.35. The quantitative estimate of drug-likeness (QED) is 0.212. The van der Waals surface area contributed by atoms with Gasteiger partial charge in [0.1, 0.15) is 29.5 Å². The summed E-state index contributed by atoms with van der Waals surface area (Å²) < 4.78 is 12.5. The summed E-state index contributed by atoms with van der Waals surface area (Å²) in [5.74, 6) is 3.47. The first-order valence-corrected chi connectivity index (χ1v) is 10.2. The highest BCUT2D eigenvalue weighted by Gasteiger charge is 2.26. The summed E-state index contributed by atoms with van der Waals surface area (Å²) in [6.45, 7) is 4.84. The van der Waals surface area contributed by atoms with Crippen LogP contribution >= 0.6 is 24.0 Å². The second-order valence-corrected chi connectivity index (χ2v) is 7.52. The van der Waals surface area contributed by atoms with Crippen molar-refractivity contribution in [2.24, 2.45) is 12.0 Å². The van der Waals surface area contributed by atoms with Crippen molar-refractivity contribution >= 4 is 29.9 Å². The number of nitrogens with one attached hydrogen (secondary N) is 2. The predicted molar refractivity (Wildman–Crippen MR) is 133 cm³/mol. The molecule has 3 N–H and O–H groups in total. The van der Waals surface area contributed by atoms with Crippen LogP contribution in [0.1, 0.15) is 29.9 Å². The second kappa shape index (κ2) is 11.9. The lowest BCUT2D eigenvalue weighted by Crippen LogP contribution is -2.45. The van der Waals surface area contributed by atoms with E-state index >= 15 is 0 Å². The summed E-state index contributed by atoms with van der Waals surface area (Å²) in [6, 6.07) is 11.5. The molecule has 2 heterocycles. The van der Waals surface area contributed by atoms with E-state index in [0.717, 1.165) is 23.8 Å². The van der Waals surface area contributed by atoms with Crippen molar-refractivity contribution in [3.05, 3.63) is 65.6 Å². The zero-order valence-electron chi connectivity index (χ0n) is 18.8. The highest BCUT2D eigenvalue weighted by molar-refractivity contribution is 14.0. The zero-order chi connectivity index (χ0) is 22.3. The monoisotopic (exact) mass is 554 g/mol. The van der Waals surface area contributed by atoms with Crippen LogP contribution in [-0.2, 0) is 25.6 Å². The van der Waals surface area contributed by atoms with E-state index in [1.54, 1.807) is 32.4 Å². The Labute approximate surface area is 205 Å². The van der Waals surface area contributed by atoms with Crippen molar-refractivity contribution in [1.82, 2.24) is 25.4 Å². The summed E-state index contributed by atoms with van der Waals surface area (Å²) in [5.41, 5.74) is 0.00250. The van der Waals surface area contributed by atoms with Crippen LogP contribution in [0.15, 0.2) is 52.1 Å². The number of methoxy groups -OCH3 is 1. The van der Waals surface area contributed by atoms with Gasteiger partial charge in [-0.15, -0.1) is 34.2 Å². The van der Waals surface area contributed by atoms with Crippen LogP contribution in [0.5, 0.6) is 5.75 Å². The number of aliphatic hydroxyl groups is 1. The first-order chi connectivity index (χ1) is 14.9. The lowest BCUT2D eigenvalue weighted by Gasteiger charge is -2.23. The Bertz CT molecular complexity index is 984. The molecule has 0 aliphatic rings. The Hall–Kier alpha value is -2.60. The van der Waals surface area contributed by atoms with Crippen molar-refractivity contribution in [3.8, 4) is 5.75 Å². The van der Waals surface area contributed by atoms with Gasteiger partial charge in [-0.1, -0.05) is 12.1 Å². The van der Waals surface area contributed by atoms with Crippen LogP contribution in [0.2, 0.25) is 0 Å². The molecule has 174 valence electrons. The average molecular weight is 554 g/mol. The van der Waals surface area contributed by atoms with E-state index in [1.165, 1.54) is 5.56 Å². The summed E-state index contributed by atoms with van der Waals surface area (Å²) in [5, 5.41) is 25.5. The van der Waals surface area contributed by atoms with E-state index in [-0.39, 0.29) is 30.5 Å². The molecule has 0 saturated carbocycles. The van der Waals surface area contributed by atoms with Gasteiger partial charge in [0.25, 0.3) is 0 Å². The normalized spacial score (nSPS) is 13.2. The number of benzene rings is 1. The highest BCUT2D eigenvalue weighted by atomic mass is 127. The third-order valence-corrected chi connectivity index (χ3v) is 5.08. The van der Waals surface area contributed by atoms with Crippen molar-refractivity contribution in [2.45, 2.75) is 32.4 Å². The molecular weight excluding hydrogens is 523 g/mol.